The minimum atomic E-state index is -0.285. The fraction of sp³-hybridized carbons (Fsp3) is 1.00. The molecule has 0 rings (SSSR count). The minimum absolute atomic E-state index is 0.0341. The first-order valence-electron chi connectivity index (χ1n) is 3.77. The van der Waals surface area contributed by atoms with Crippen LogP contribution >= 0.6 is 0 Å². The predicted molar refractivity (Wildman–Crippen MR) is 43.7 cm³/mol. The first-order chi connectivity index (χ1) is 4.34. The summed E-state index contributed by atoms with van der Waals surface area (Å²) in [6, 6.07) is 0.0919. The van der Waals surface area contributed by atoms with Gasteiger partial charge in [-0.1, -0.05) is 20.8 Å². The summed E-state index contributed by atoms with van der Waals surface area (Å²) in [5.74, 6) is 0. The Balaban J connectivity index is 3.73. The van der Waals surface area contributed by atoms with Gasteiger partial charge in [-0.05, 0) is 18.8 Å². The lowest BCUT2D eigenvalue weighted by Crippen LogP contribution is -2.32. The highest BCUT2D eigenvalue weighted by Gasteiger charge is 2.22. The fourth-order valence-electron chi connectivity index (χ4n) is 0.706. The van der Waals surface area contributed by atoms with Gasteiger partial charge in [0, 0.05) is 6.04 Å². The van der Waals surface area contributed by atoms with Gasteiger partial charge in [0.15, 0.2) is 0 Å². The first kappa shape index (κ1) is 9.92. The van der Waals surface area contributed by atoms with Crippen molar-refractivity contribution >= 4 is 0 Å². The van der Waals surface area contributed by atoms with Crippen LogP contribution in [0, 0.1) is 5.41 Å². The van der Waals surface area contributed by atoms with Gasteiger partial charge in [0.05, 0.1) is 6.10 Å². The second-order valence-electron chi connectivity index (χ2n) is 4.09. The molecule has 0 aromatic heterocycles. The molecule has 0 aliphatic rings. The zero-order valence-corrected chi connectivity index (χ0v) is 7.39. The van der Waals surface area contributed by atoms with Crippen LogP contribution in [0.3, 0.4) is 0 Å². The van der Waals surface area contributed by atoms with Crippen molar-refractivity contribution in [3.63, 3.8) is 0 Å². The first-order valence-corrected chi connectivity index (χ1v) is 3.77. The van der Waals surface area contributed by atoms with Crippen LogP contribution in [0.2, 0.25) is 0 Å². The second kappa shape index (κ2) is 3.35. The summed E-state index contributed by atoms with van der Waals surface area (Å²) < 4.78 is 0. The number of nitrogens with two attached hydrogens (primary N) is 1. The molecule has 2 atom stereocenters. The summed E-state index contributed by atoms with van der Waals surface area (Å²) in [6.45, 7) is 7.95. The van der Waals surface area contributed by atoms with Gasteiger partial charge >= 0.3 is 0 Å². The molecule has 0 amide bonds. The van der Waals surface area contributed by atoms with E-state index < -0.39 is 0 Å². The Morgan fingerprint density at radius 1 is 1.40 bits per heavy atom. The molecule has 0 bridgehead atoms. The van der Waals surface area contributed by atoms with Crippen molar-refractivity contribution in [1.82, 2.24) is 0 Å². The van der Waals surface area contributed by atoms with Crippen molar-refractivity contribution in [3.8, 4) is 0 Å². The molecule has 0 spiro atoms. The topological polar surface area (TPSA) is 46.2 Å². The van der Waals surface area contributed by atoms with Crippen LogP contribution in [-0.4, -0.2) is 17.3 Å². The third-order valence-electron chi connectivity index (χ3n) is 1.59. The SMILES string of the molecule is C[C@H](N)C[C@@H](O)C(C)(C)C. The van der Waals surface area contributed by atoms with Crippen molar-refractivity contribution in [2.24, 2.45) is 11.1 Å². The van der Waals surface area contributed by atoms with Crippen molar-refractivity contribution in [2.45, 2.75) is 46.3 Å². The van der Waals surface area contributed by atoms with Crippen molar-refractivity contribution < 1.29 is 5.11 Å². The van der Waals surface area contributed by atoms with Gasteiger partial charge in [-0.25, -0.2) is 0 Å². The largest absolute Gasteiger partial charge is 0.393 e. The lowest BCUT2D eigenvalue weighted by Gasteiger charge is -2.26. The van der Waals surface area contributed by atoms with E-state index in [0.717, 1.165) is 0 Å². The van der Waals surface area contributed by atoms with Crippen molar-refractivity contribution in [1.29, 1.82) is 0 Å². The minimum Gasteiger partial charge on any atom is -0.393 e. The van der Waals surface area contributed by atoms with Crippen LogP contribution in [0.5, 0.6) is 0 Å². The highest BCUT2D eigenvalue weighted by molar-refractivity contribution is 4.75. The van der Waals surface area contributed by atoms with E-state index in [1.54, 1.807) is 0 Å². The molecule has 10 heavy (non-hydrogen) atoms. The maximum Gasteiger partial charge on any atom is 0.0603 e. The van der Waals surface area contributed by atoms with E-state index in [2.05, 4.69) is 0 Å². The Bertz CT molecular complexity index is 93.9. The molecule has 0 unspecified atom stereocenters. The molecule has 2 heteroatoms. The Kier molecular flexibility index (Phi) is 3.33. The van der Waals surface area contributed by atoms with Gasteiger partial charge in [-0.3, -0.25) is 0 Å². The molecule has 0 aliphatic carbocycles. The monoisotopic (exact) mass is 145 g/mol. The molecule has 0 aliphatic heterocycles. The van der Waals surface area contributed by atoms with E-state index in [-0.39, 0.29) is 17.6 Å². The third-order valence-corrected chi connectivity index (χ3v) is 1.59. The van der Waals surface area contributed by atoms with Crippen molar-refractivity contribution in [2.75, 3.05) is 0 Å². The van der Waals surface area contributed by atoms with Crippen LogP contribution in [-0.2, 0) is 0 Å². The Morgan fingerprint density at radius 3 is 1.90 bits per heavy atom. The molecule has 0 aromatic rings. The highest BCUT2D eigenvalue weighted by Crippen LogP contribution is 2.21. The van der Waals surface area contributed by atoms with Gasteiger partial charge in [-0.15, -0.1) is 0 Å². The van der Waals surface area contributed by atoms with E-state index in [4.69, 9.17) is 5.73 Å². The predicted octanol–water partition coefficient (Wildman–Crippen LogP) is 1.13. The third kappa shape index (κ3) is 3.85. The fourth-order valence-corrected chi connectivity index (χ4v) is 0.706. The maximum absolute atomic E-state index is 9.48. The molecular formula is C8H19NO. The quantitative estimate of drug-likeness (QED) is 0.612. The number of aliphatic hydroxyl groups excluding tert-OH is 1. The van der Waals surface area contributed by atoms with E-state index in [0.29, 0.717) is 6.42 Å². The number of rotatable bonds is 2. The highest BCUT2D eigenvalue weighted by atomic mass is 16.3. The summed E-state index contributed by atoms with van der Waals surface area (Å²) in [7, 11) is 0. The lowest BCUT2D eigenvalue weighted by molar-refractivity contribution is 0.0512. The molecule has 0 saturated heterocycles. The summed E-state index contributed by atoms with van der Waals surface area (Å²) in [5.41, 5.74) is 5.50. The Labute approximate surface area is 63.4 Å². The summed E-state index contributed by atoms with van der Waals surface area (Å²) in [5, 5.41) is 9.48. The van der Waals surface area contributed by atoms with Gasteiger partial charge < -0.3 is 10.8 Å². The number of aliphatic hydroxyl groups is 1. The number of hydrogen-bond donors (Lipinski definition) is 2. The Morgan fingerprint density at radius 2 is 1.80 bits per heavy atom. The smallest absolute Gasteiger partial charge is 0.0603 e. The van der Waals surface area contributed by atoms with E-state index in [1.165, 1.54) is 0 Å². The normalized spacial score (nSPS) is 18.6. The van der Waals surface area contributed by atoms with Gasteiger partial charge in [0.2, 0.25) is 0 Å². The van der Waals surface area contributed by atoms with E-state index in [1.807, 2.05) is 27.7 Å². The lowest BCUT2D eigenvalue weighted by atomic mass is 9.86. The van der Waals surface area contributed by atoms with E-state index >= 15 is 0 Å². The van der Waals surface area contributed by atoms with Gasteiger partial charge in [0.1, 0.15) is 0 Å². The maximum atomic E-state index is 9.48. The summed E-state index contributed by atoms with van der Waals surface area (Å²) in [6.07, 6.45) is 0.399. The zero-order valence-electron chi connectivity index (χ0n) is 7.39. The zero-order chi connectivity index (χ0) is 8.36. The van der Waals surface area contributed by atoms with Crippen LogP contribution < -0.4 is 5.73 Å². The molecule has 0 saturated carbocycles. The average Bonchev–Trinajstić information content (AvgIpc) is 1.60. The molecular weight excluding hydrogens is 126 g/mol. The van der Waals surface area contributed by atoms with Crippen LogP contribution in [0.25, 0.3) is 0 Å². The molecule has 0 heterocycles. The van der Waals surface area contributed by atoms with Gasteiger partial charge in [0.25, 0.3) is 0 Å². The standard InChI is InChI=1S/C8H19NO/c1-6(9)5-7(10)8(2,3)4/h6-7,10H,5,9H2,1-4H3/t6-,7+/m0/s1. The summed E-state index contributed by atoms with van der Waals surface area (Å²) in [4.78, 5) is 0. The van der Waals surface area contributed by atoms with Crippen LogP contribution in [0.4, 0.5) is 0 Å². The van der Waals surface area contributed by atoms with Crippen molar-refractivity contribution in [3.05, 3.63) is 0 Å². The molecule has 3 N–H and O–H groups in total. The molecule has 0 fully saturated rings. The Hall–Kier alpha value is -0.0800. The van der Waals surface area contributed by atoms with Crippen LogP contribution in [0.15, 0.2) is 0 Å². The van der Waals surface area contributed by atoms with E-state index in [9.17, 15) is 5.11 Å². The van der Waals surface area contributed by atoms with Crippen LogP contribution in [0.1, 0.15) is 34.1 Å². The molecule has 0 aromatic carbocycles. The average molecular weight is 145 g/mol. The molecule has 0 radical (unpaired) electrons. The van der Waals surface area contributed by atoms with Gasteiger partial charge in [-0.2, -0.15) is 0 Å². The molecule has 2 nitrogen and oxygen atoms in total. The number of hydrogen-bond acceptors (Lipinski definition) is 2. The second-order valence-corrected chi connectivity index (χ2v) is 4.09. The molecule has 62 valence electrons. The summed E-state index contributed by atoms with van der Waals surface area (Å²) >= 11 is 0.